The highest BCUT2D eigenvalue weighted by Crippen LogP contribution is 2.26. The fraction of sp³-hybridized carbons (Fsp3) is 0.273. The Kier molecular flexibility index (Phi) is 3.18. The molecule has 1 heterocycles. The minimum absolute atomic E-state index is 0.00557. The molecule has 0 saturated carbocycles. The molecule has 0 fully saturated rings. The molecule has 1 aromatic rings. The summed E-state index contributed by atoms with van der Waals surface area (Å²) < 4.78 is 0. The lowest BCUT2D eigenvalue weighted by molar-refractivity contribution is 0.856. The Balaban J connectivity index is 2.02. The summed E-state index contributed by atoms with van der Waals surface area (Å²) in [5.41, 5.74) is 9.26. The van der Waals surface area contributed by atoms with Gasteiger partial charge in [0.05, 0.1) is 16.6 Å². The number of nitrogens with two attached hydrogens (primary N) is 1. The lowest BCUT2D eigenvalue weighted by Gasteiger charge is -2.15. The number of nitrogens with zero attached hydrogens (tertiary/aromatic N) is 2. The fourth-order valence-corrected chi connectivity index (χ4v) is 2.72. The summed E-state index contributed by atoms with van der Waals surface area (Å²) in [5.74, 6) is 0. The Bertz CT molecular complexity index is 386. The Morgan fingerprint density at radius 3 is 2.67 bits per heavy atom. The van der Waals surface area contributed by atoms with Crippen LogP contribution in [0, 0.1) is 0 Å². The van der Waals surface area contributed by atoms with Crippen molar-refractivity contribution in [2.75, 3.05) is 6.26 Å². The maximum atomic E-state index is 6.11. The van der Waals surface area contributed by atoms with Crippen molar-refractivity contribution in [1.29, 1.82) is 0 Å². The number of thiol groups is 1. The van der Waals surface area contributed by atoms with E-state index in [-0.39, 0.29) is 16.9 Å². The van der Waals surface area contributed by atoms with Crippen LogP contribution in [0.4, 0.5) is 0 Å². The Morgan fingerprint density at radius 2 is 2.07 bits per heavy atom. The summed E-state index contributed by atoms with van der Waals surface area (Å²) in [6.07, 6.45) is 2.98. The van der Waals surface area contributed by atoms with E-state index in [0.29, 0.717) is 0 Å². The zero-order valence-electron chi connectivity index (χ0n) is 8.67. The van der Waals surface area contributed by atoms with Crippen LogP contribution in [0.2, 0.25) is 0 Å². The SMILES string of the molecule is C[SH]1C=NN=C1[C@@H](N)Cc1ccccc1. The summed E-state index contributed by atoms with van der Waals surface area (Å²) in [6.45, 7) is 0. The van der Waals surface area contributed by atoms with Gasteiger partial charge in [0.25, 0.3) is 0 Å². The second-order valence-corrected chi connectivity index (χ2v) is 5.51. The second-order valence-electron chi connectivity index (χ2n) is 3.60. The molecule has 1 aromatic carbocycles. The molecule has 15 heavy (non-hydrogen) atoms. The van der Waals surface area contributed by atoms with Crippen molar-refractivity contribution < 1.29 is 0 Å². The van der Waals surface area contributed by atoms with Gasteiger partial charge < -0.3 is 5.73 Å². The molecule has 0 radical (unpaired) electrons. The lowest BCUT2D eigenvalue weighted by Crippen LogP contribution is -2.31. The summed E-state index contributed by atoms with van der Waals surface area (Å²) in [4.78, 5) is 0. The van der Waals surface area contributed by atoms with E-state index in [4.69, 9.17) is 5.73 Å². The van der Waals surface area contributed by atoms with E-state index in [0.717, 1.165) is 11.5 Å². The Hall–Kier alpha value is -1.13. The summed E-state index contributed by atoms with van der Waals surface area (Å²) in [6, 6.07) is 10.3. The highest BCUT2D eigenvalue weighted by atomic mass is 32.2. The summed E-state index contributed by atoms with van der Waals surface area (Å²) in [7, 11) is -0.331. The van der Waals surface area contributed by atoms with Crippen LogP contribution in [0.25, 0.3) is 0 Å². The van der Waals surface area contributed by atoms with Gasteiger partial charge in [-0.1, -0.05) is 30.3 Å². The first-order chi connectivity index (χ1) is 7.27. The number of benzene rings is 1. The molecule has 80 valence electrons. The standard InChI is InChI=1S/C11H15N3S/c1-15-8-13-14-11(15)10(12)7-9-5-3-2-4-6-9/h2-6,8,10,15H,7,12H2,1H3/t10-/m0/s1. The predicted molar refractivity (Wildman–Crippen MR) is 69.0 cm³/mol. The maximum Gasteiger partial charge on any atom is 0.0980 e. The van der Waals surface area contributed by atoms with Gasteiger partial charge in [-0.05, 0) is 18.2 Å². The molecule has 2 atom stereocenters. The van der Waals surface area contributed by atoms with Gasteiger partial charge in [0, 0.05) is 0 Å². The summed E-state index contributed by atoms with van der Waals surface area (Å²) >= 11 is 0. The van der Waals surface area contributed by atoms with Crippen molar-refractivity contribution in [2.24, 2.45) is 15.9 Å². The molecule has 0 bridgehead atoms. The van der Waals surface area contributed by atoms with Gasteiger partial charge in [-0.25, -0.2) is 0 Å². The molecule has 4 heteroatoms. The van der Waals surface area contributed by atoms with E-state index in [1.54, 1.807) is 0 Å². The lowest BCUT2D eigenvalue weighted by atomic mass is 10.1. The monoisotopic (exact) mass is 221 g/mol. The normalized spacial score (nSPS) is 23.9. The molecule has 3 nitrogen and oxygen atoms in total. The predicted octanol–water partition coefficient (Wildman–Crippen LogP) is 1.54. The molecule has 2 rings (SSSR count). The van der Waals surface area contributed by atoms with E-state index in [1.165, 1.54) is 5.56 Å². The minimum atomic E-state index is -0.331. The maximum absolute atomic E-state index is 6.11. The van der Waals surface area contributed by atoms with Crippen molar-refractivity contribution in [2.45, 2.75) is 12.5 Å². The van der Waals surface area contributed by atoms with E-state index >= 15 is 0 Å². The highest BCUT2D eigenvalue weighted by Gasteiger charge is 2.18. The average molecular weight is 221 g/mol. The first-order valence-corrected chi connectivity index (χ1v) is 6.76. The van der Waals surface area contributed by atoms with E-state index in [1.807, 2.05) is 23.7 Å². The van der Waals surface area contributed by atoms with Crippen molar-refractivity contribution in [3.05, 3.63) is 35.9 Å². The van der Waals surface area contributed by atoms with Crippen LogP contribution in [-0.2, 0) is 6.42 Å². The van der Waals surface area contributed by atoms with Gasteiger partial charge >= 0.3 is 0 Å². The van der Waals surface area contributed by atoms with E-state index < -0.39 is 0 Å². The molecule has 0 amide bonds. The third kappa shape index (κ3) is 2.46. The highest BCUT2D eigenvalue weighted by molar-refractivity contribution is 8.40. The quantitative estimate of drug-likeness (QED) is 0.747. The Morgan fingerprint density at radius 1 is 1.33 bits per heavy atom. The topological polar surface area (TPSA) is 50.7 Å². The molecule has 0 aliphatic carbocycles. The van der Waals surface area contributed by atoms with Crippen LogP contribution in [-0.4, -0.2) is 22.9 Å². The summed E-state index contributed by atoms with van der Waals surface area (Å²) in [5, 5.41) is 9.07. The fourth-order valence-electron chi connectivity index (χ4n) is 1.59. The van der Waals surface area contributed by atoms with Crippen LogP contribution in [0.15, 0.2) is 40.5 Å². The zero-order valence-corrected chi connectivity index (χ0v) is 9.56. The number of hydrogen-bond donors (Lipinski definition) is 2. The third-order valence-corrected chi connectivity index (χ3v) is 3.97. The molecule has 2 N–H and O–H groups in total. The number of hydrogen-bond acceptors (Lipinski definition) is 3. The molecule has 1 unspecified atom stereocenters. The van der Waals surface area contributed by atoms with Gasteiger partial charge in [-0.15, -0.1) is 5.10 Å². The third-order valence-electron chi connectivity index (χ3n) is 2.38. The molecule has 0 aromatic heterocycles. The molecule has 1 aliphatic heterocycles. The Labute approximate surface area is 92.4 Å². The average Bonchev–Trinajstić information content (AvgIpc) is 2.66. The zero-order chi connectivity index (χ0) is 10.7. The first kappa shape index (κ1) is 10.4. The van der Waals surface area contributed by atoms with Crippen LogP contribution < -0.4 is 5.73 Å². The second kappa shape index (κ2) is 4.59. The molecular formula is C11H15N3S. The van der Waals surface area contributed by atoms with E-state index in [9.17, 15) is 0 Å². The van der Waals surface area contributed by atoms with E-state index in [2.05, 4.69) is 28.6 Å². The van der Waals surface area contributed by atoms with Crippen molar-refractivity contribution >= 4 is 21.5 Å². The largest absolute Gasteiger partial charge is 0.322 e. The van der Waals surface area contributed by atoms with Gasteiger partial charge in [0.15, 0.2) is 0 Å². The van der Waals surface area contributed by atoms with Crippen LogP contribution >= 0.6 is 10.9 Å². The van der Waals surface area contributed by atoms with Crippen LogP contribution in [0.3, 0.4) is 0 Å². The van der Waals surface area contributed by atoms with Gasteiger partial charge in [-0.3, -0.25) is 0 Å². The smallest absolute Gasteiger partial charge is 0.0980 e. The number of rotatable bonds is 3. The van der Waals surface area contributed by atoms with Crippen molar-refractivity contribution in [3.63, 3.8) is 0 Å². The van der Waals surface area contributed by atoms with Gasteiger partial charge in [0.1, 0.15) is 0 Å². The van der Waals surface area contributed by atoms with Crippen LogP contribution in [0.1, 0.15) is 5.56 Å². The molecule has 0 saturated heterocycles. The molecule has 1 aliphatic rings. The van der Waals surface area contributed by atoms with Crippen LogP contribution in [0.5, 0.6) is 0 Å². The van der Waals surface area contributed by atoms with Crippen molar-refractivity contribution in [3.8, 4) is 0 Å². The first-order valence-electron chi connectivity index (χ1n) is 4.91. The minimum Gasteiger partial charge on any atom is -0.322 e. The van der Waals surface area contributed by atoms with Crippen molar-refractivity contribution in [1.82, 2.24) is 0 Å². The van der Waals surface area contributed by atoms with Gasteiger partial charge in [-0.2, -0.15) is 16.0 Å². The molecular weight excluding hydrogens is 206 g/mol. The van der Waals surface area contributed by atoms with Gasteiger partial charge in [0.2, 0.25) is 0 Å². The molecule has 0 spiro atoms.